The molecule has 21 N–H and O–H groups in total. The third kappa shape index (κ3) is 22.4. The van der Waals surface area contributed by atoms with Crippen LogP contribution in [-0.4, -0.2) is 138 Å². The van der Waals surface area contributed by atoms with Crippen molar-refractivity contribution < 1.29 is 43.5 Å². The van der Waals surface area contributed by atoms with Gasteiger partial charge < -0.3 is 80.9 Å². The summed E-state index contributed by atoms with van der Waals surface area (Å²) >= 11 is 0. The van der Waals surface area contributed by atoms with E-state index >= 15 is 0 Å². The van der Waals surface area contributed by atoms with Crippen molar-refractivity contribution in [2.24, 2.45) is 22.9 Å². The van der Waals surface area contributed by atoms with Crippen LogP contribution in [0.5, 0.6) is 0 Å². The zero-order valence-corrected chi connectivity index (χ0v) is 41.4. The van der Waals surface area contributed by atoms with Crippen molar-refractivity contribution >= 4 is 70.1 Å². The number of primary amides is 1. The highest BCUT2D eigenvalue weighted by molar-refractivity contribution is 5.96. The number of carbonyl (C=O) groups excluding carboxylic acids is 8. The Bertz CT molecular complexity index is 2330. The fourth-order valence-electron chi connectivity index (χ4n) is 7.58. The van der Waals surface area contributed by atoms with Gasteiger partial charge in [-0.25, -0.2) is 0 Å². The van der Waals surface area contributed by atoms with Crippen LogP contribution in [0.15, 0.2) is 60.8 Å². The molecule has 400 valence electrons. The van der Waals surface area contributed by atoms with E-state index in [1.807, 2.05) is 54.6 Å². The summed E-state index contributed by atoms with van der Waals surface area (Å²) in [5.41, 5.74) is 25.0. The van der Waals surface area contributed by atoms with Gasteiger partial charge in [-0.3, -0.25) is 49.2 Å². The maximum absolute atomic E-state index is 14.2. The van der Waals surface area contributed by atoms with Gasteiger partial charge >= 0.3 is 0 Å². The van der Waals surface area contributed by atoms with Gasteiger partial charge in [0, 0.05) is 63.0 Å². The van der Waals surface area contributed by atoms with Gasteiger partial charge in [0.25, 0.3) is 0 Å². The molecule has 7 atom stereocenters. The Morgan fingerprint density at radius 2 is 1.14 bits per heavy atom. The number of nitrogens with one attached hydrogen (secondary N) is 12. The van der Waals surface area contributed by atoms with Gasteiger partial charge in [-0.15, -0.1) is 0 Å². The Morgan fingerprint density at radius 1 is 0.603 bits per heavy atom. The summed E-state index contributed by atoms with van der Waals surface area (Å²) in [6, 6.07) is 9.34. The van der Waals surface area contributed by atoms with Gasteiger partial charge in [-0.2, -0.15) is 0 Å². The van der Waals surface area contributed by atoms with Crippen molar-refractivity contribution in [3.05, 3.63) is 71.9 Å². The minimum atomic E-state index is -1.32. The van der Waals surface area contributed by atoms with Crippen molar-refractivity contribution in [1.29, 1.82) is 10.8 Å². The summed E-state index contributed by atoms with van der Waals surface area (Å²) in [6.07, 6.45) is 1.95. The Hall–Kier alpha value is -7.80. The average Bonchev–Trinajstić information content (AvgIpc) is 3.76. The number of aromatic amines is 1. The number of carbonyl (C=O) groups is 8. The van der Waals surface area contributed by atoms with E-state index < -0.39 is 89.6 Å². The first-order valence-electron chi connectivity index (χ1n) is 24.3. The standard InChI is InChI=1S/C48H74N16O9/c1-3-31(66)27-59-43(70)36(63-44(71)37(60-28(2)65)17-10-21-56-47(51)52)16-9-19-40(67)55-23-20-35(41(50)68)61-46(73)39(25-30-26-58-34-15-8-7-14-32(30)34)64-45(72)38(18-11-22-57-48(53)54)62-42(69)33(49)24-29-12-5-4-6-13-29/h4-8,12-15,26,31,33,35-39,58,66H,3,9-11,16-25,27,49H2,1-2H3,(H2,50,68)(H,55,67)(H,59,70)(H,60,65)(H,61,73)(H,62,69)(H,63,71)(H,64,72)(H4,51,52,56)(H4,53,54,57)/t31-,33-,35+,36+,37+,38+,39+/m1/s1. The minimum Gasteiger partial charge on any atom is -0.391 e. The molecule has 0 saturated carbocycles. The quantitative estimate of drug-likeness (QED) is 0.0168. The van der Waals surface area contributed by atoms with E-state index in [-0.39, 0.29) is 95.9 Å². The number of H-pyrrole nitrogens is 1. The van der Waals surface area contributed by atoms with Crippen molar-refractivity contribution in [2.75, 3.05) is 26.2 Å². The molecule has 0 unspecified atom stereocenters. The highest BCUT2D eigenvalue weighted by atomic mass is 16.3. The zero-order valence-electron chi connectivity index (χ0n) is 41.4. The van der Waals surface area contributed by atoms with Crippen LogP contribution in [0.3, 0.4) is 0 Å². The SMILES string of the molecule is CC[C@@H](O)CNC(=O)[C@H](CCCC(=O)NCC[C@H](NC(=O)[C@H](Cc1c[nH]c2ccccc12)NC(=O)[C@H](CCCNC(=N)N)NC(=O)[C@H](N)Cc1ccccc1)C(N)=O)NC(=O)[C@H](CCCNC(=N)N)NC(C)=O. The van der Waals surface area contributed by atoms with Crippen molar-refractivity contribution in [3.63, 3.8) is 0 Å². The maximum atomic E-state index is 14.2. The third-order valence-corrected chi connectivity index (χ3v) is 11.6. The highest BCUT2D eigenvalue weighted by Gasteiger charge is 2.31. The Kier molecular flexibility index (Phi) is 25.7. The number of amides is 8. The molecule has 73 heavy (non-hydrogen) atoms. The maximum Gasteiger partial charge on any atom is 0.243 e. The molecule has 0 saturated heterocycles. The van der Waals surface area contributed by atoms with E-state index in [0.29, 0.717) is 18.4 Å². The summed E-state index contributed by atoms with van der Waals surface area (Å²) < 4.78 is 0. The molecule has 1 heterocycles. The molecule has 0 bridgehead atoms. The van der Waals surface area contributed by atoms with Gasteiger partial charge in [0.1, 0.15) is 30.2 Å². The van der Waals surface area contributed by atoms with E-state index in [1.165, 1.54) is 6.92 Å². The van der Waals surface area contributed by atoms with Crippen LogP contribution >= 0.6 is 0 Å². The smallest absolute Gasteiger partial charge is 0.243 e. The molecule has 0 fully saturated rings. The summed E-state index contributed by atoms with van der Waals surface area (Å²) in [4.78, 5) is 109. The van der Waals surface area contributed by atoms with Crippen LogP contribution in [-0.2, 0) is 51.2 Å². The molecular weight excluding hydrogens is 945 g/mol. The number of aliphatic hydroxyl groups excluding tert-OH is 1. The van der Waals surface area contributed by atoms with E-state index in [0.717, 1.165) is 16.5 Å². The number of fused-ring (bicyclic) bond motifs is 1. The Morgan fingerprint density at radius 3 is 1.74 bits per heavy atom. The van der Waals surface area contributed by atoms with E-state index in [1.54, 1.807) is 13.1 Å². The van der Waals surface area contributed by atoms with Crippen LogP contribution in [0.2, 0.25) is 0 Å². The lowest BCUT2D eigenvalue weighted by Gasteiger charge is -2.26. The minimum absolute atomic E-state index is 0.0181. The molecule has 0 aliphatic heterocycles. The molecule has 0 radical (unpaired) electrons. The molecule has 0 spiro atoms. The average molecular weight is 1020 g/mol. The number of hydrogen-bond acceptors (Lipinski definition) is 12. The number of para-hydroxylation sites is 1. The predicted octanol–water partition coefficient (Wildman–Crippen LogP) is -2.70. The Balaban J connectivity index is 1.71. The van der Waals surface area contributed by atoms with Gasteiger partial charge in [-0.1, -0.05) is 55.5 Å². The molecule has 2 aromatic carbocycles. The monoisotopic (exact) mass is 1020 g/mol. The van der Waals surface area contributed by atoms with Gasteiger partial charge in [0.2, 0.25) is 47.3 Å². The number of nitrogens with two attached hydrogens (primary N) is 4. The van der Waals surface area contributed by atoms with Crippen LogP contribution in [0, 0.1) is 10.8 Å². The summed E-state index contributed by atoms with van der Waals surface area (Å²) in [5.74, 6) is -5.86. The molecule has 25 nitrogen and oxygen atoms in total. The lowest BCUT2D eigenvalue weighted by Crippen LogP contribution is -2.58. The second-order valence-electron chi connectivity index (χ2n) is 17.6. The van der Waals surface area contributed by atoms with Crippen molar-refractivity contribution in [2.45, 2.75) is 127 Å². The van der Waals surface area contributed by atoms with E-state index in [2.05, 4.69) is 52.8 Å². The first-order valence-corrected chi connectivity index (χ1v) is 24.3. The van der Waals surface area contributed by atoms with Crippen molar-refractivity contribution in [1.82, 2.24) is 52.8 Å². The molecular formula is C48H74N16O9. The fraction of sp³-hybridized carbons (Fsp3) is 0.500. The normalized spacial score (nSPS) is 13.8. The first-order chi connectivity index (χ1) is 34.8. The van der Waals surface area contributed by atoms with Crippen LogP contribution in [0.4, 0.5) is 0 Å². The number of rotatable bonds is 33. The van der Waals surface area contributed by atoms with E-state index in [4.69, 9.17) is 33.8 Å². The lowest BCUT2D eigenvalue weighted by atomic mass is 10.0. The molecule has 25 heteroatoms. The Labute approximate surface area is 424 Å². The molecule has 0 aliphatic carbocycles. The van der Waals surface area contributed by atoms with Crippen molar-refractivity contribution in [3.8, 4) is 0 Å². The molecule has 1 aromatic heterocycles. The molecule has 3 rings (SSSR count). The van der Waals surface area contributed by atoms with Gasteiger partial charge in [0.05, 0.1) is 12.1 Å². The van der Waals surface area contributed by atoms with Gasteiger partial charge in [0.15, 0.2) is 11.9 Å². The lowest BCUT2D eigenvalue weighted by molar-refractivity contribution is -0.133. The van der Waals surface area contributed by atoms with Gasteiger partial charge in [-0.05, 0) is 75.0 Å². The molecule has 8 amide bonds. The number of hydrogen-bond donors (Lipinski definition) is 17. The van der Waals surface area contributed by atoms with Crippen LogP contribution < -0.4 is 70.8 Å². The predicted molar refractivity (Wildman–Crippen MR) is 274 cm³/mol. The summed E-state index contributed by atoms with van der Waals surface area (Å²) in [7, 11) is 0. The van der Waals surface area contributed by atoms with Crippen LogP contribution in [0.1, 0.15) is 82.8 Å². The summed E-state index contributed by atoms with van der Waals surface area (Å²) in [5, 5.41) is 49.4. The number of aliphatic hydroxyl groups is 1. The number of aromatic nitrogens is 1. The second kappa shape index (κ2) is 31.5. The molecule has 3 aromatic rings. The molecule has 0 aliphatic rings. The number of guanidine groups is 2. The first kappa shape index (κ1) is 59.5. The third-order valence-electron chi connectivity index (χ3n) is 11.6. The number of benzene rings is 2. The topological polar surface area (TPSA) is 433 Å². The second-order valence-corrected chi connectivity index (χ2v) is 17.6. The largest absolute Gasteiger partial charge is 0.391 e. The highest BCUT2D eigenvalue weighted by Crippen LogP contribution is 2.20. The van der Waals surface area contributed by atoms with E-state index in [9.17, 15) is 43.5 Å². The zero-order chi connectivity index (χ0) is 53.9. The summed E-state index contributed by atoms with van der Waals surface area (Å²) in [6.45, 7) is 3.19. The van der Waals surface area contributed by atoms with Crippen LogP contribution in [0.25, 0.3) is 10.9 Å². The fourth-order valence-corrected chi connectivity index (χ4v) is 7.58.